The van der Waals surface area contributed by atoms with Gasteiger partial charge in [0.05, 0.1) is 11.1 Å². The zero-order chi connectivity index (χ0) is 23.3. The maximum atomic E-state index is 13.3. The van der Waals surface area contributed by atoms with Crippen LogP contribution in [0.4, 0.5) is 0 Å². The average Bonchev–Trinajstić information content (AvgIpc) is 3.59. The zero-order valence-corrected chi connectivity index (χ0v) is 19.8. The lowest BCUT2D eigenvalue weighted by molar-refractivity contribution is 0.0930. The number of fused-ring (bicyclic) bond motifs is 1. The van der Waals surface area contributed by atoms with Crippen LogP contribution in [-0.2, 0) is 5.54 Å². The normalized spacial score (nSPS) is 13.7. The van der Waals surface area contributed by atoms with E-state index in [1.807, 2.05) is 32.0 Å². The van der Waals surface area contributed by atoms with Crippen LogP contribution in [0.3, 0.4) is 0 Å². The van der Waals surface area contributed by atoms with Gasteiger partial charge in [-0.25, -0.2) is 0 Å². The predicted molar refractivity (Wildman–Crippen MR) is 135 cm³/mol. The number of benzene rings is 2. The second-order valence-electron chi connectivity index (χ2n) is 8.02. The maximum absolute atomic E-state index is 13.3. The Bertz CT molecular complexity index is 1140. The van der Waals surface area contributed by atoms with Crippen molar-refractivity contribution in [3.63, 3.8) is 0 Å². The molecule has 1 heterocycles. The molecule has 4 rings (SSSR count). The van der Waals surface area contributed by atoms with Crippen molar-refractivity contribution in [2.75, 3.05) is 19.4 Å². The van der Waals surface area contributed by atoms with E-state index in [1.165, 1.54) is 0 Å². The molecule has 3 N–H and O–H groups in total. The number of nitrogens with zero attached hydrogens (tertiary/aromatic N) is 1. The lowest BCUT2D eigenvalue weighted by Gasteiger charge is -2.22. The van der Waals surface area contributed by atoms with Crippen molar-refractivity contribution in [2.45, 2.75) is 32.2 Å². The minimum atomic E-state index is -0.385. The van der Waals surface area contributed by atoms with Crippen LogP contribution in [0.1, 0.15) is 46.8 Å². The molecule has 1 fully saturated rings. The summed E-state index contributed by atoms with van der Waals surface area (Å²) >= 11 is 3.53. The third kappa shape index (κ3) is 4.97. The number of aryl methyl sites for hydroxylation is 1. The van der Waals surface area contributed by atoms with Crippen molar-refractivity contribution in [1.29, 1.82) is 0 Å². The molecular weight excluding hydrogens is 418 g/mol. The Balaban J connectivity index is 0.00000141. The number of carbonyl (C=O) groups is 1. The number of aromatic nitrogens is 1. The summed E-state index contributed by atoms with van der Waals surface area (Å²) in [6.07, 6.45) is 5.28. The number of amides is 1. The van der Waals surface area contributed by atoms with Gasteiger partial charge in [-0.05, 0) is 80.0 Å². The van der Waals surface area contributed by atoms with Crippen molar-refractivity contribution in [3.8, 4) is 5.75 Å². The van der Waals surface area contributed by atoms with E-state index in [0.29, 0.717) is 24.5 Å². The summed E-state index contributed by atoms with van der Waals surface area (Å²) in [5.74, 6) is 0.556. The molecule has 0 saturated heterocycles. The first-order valence-electron chi connectivity index (χ1n) is 10.7. The molecule has 2 aromatic carbocycles. The van der Waals surface area contributed by atoms with E-state index in [9.17, 15) is 4.79 Å². The second-order valence-corrected chi connectivity index (χ2v) is 8.02. The van der Waals surface area contributed by atoms with Gasteiger partial charge in [0.15, 0.2) is 0 Å². The summed E-state index contributed by atoms with van der Waals surface area (Å²) in [4.78, 5) is 17.8. The number of rotatable bonds is 7. The van der Waals surface area contributed by atoms with Crippen LogP contribution < -0.4 is 15.8 Å². The van der Waals surface area contributed by atoms with Crippen molar-refractivity contribution in [2.24, 2.45) is 5.73 Å². The van der Waals surface area contributed by atoms with E-state index in [-0.39, 0.29) is 11.4 Å². The molecule has 168 valence electrons. The Morgan fingerprint density at radius 2 is 2.00 bits per heavy atom. The monoisotopic (exact) mass is 449 g/mol. The number of pyridine rings is 1. The highest BCUT2D eigenvalue weighted by Gasteiger charge is 2.47. The van der Waals surface area contributed by atoms with Crippen LogP contribution in [0, 0.1) is 6.92 Å². The standard InChI is InChI=1S/C25H27N3O2.CH4S/c1-16(2)18-13-22(20-5-4-11-27-23(20)14-18)25(8-9-25)28-24(29)21-15-19(30-12-10-26)7-6-17(21)3;1-2/h4-7,11,13-15H,1,8-10,12,26H2,2-3H3,(H,28,29);2H,1H3. The molecule has 32 heavy (non-hydrogen) atoms. The van der Waals surface area contributed by atoms with Crippen LogP contribution in [0.5, 0.6) is 5.75 Å². The SMILES string of the molecule is C=C(C)c1cc(C2(NC(=O)c3cc(OCCN)ccc3C)CC2)c2cccnc2c1.CS. The highest BCUT2D eigenvalue weighted by atomic mass is 32.1. The fourth-order valence-electron chi connectivity index (χ4n) is 3.81. The van der Waals surface area contributed by atoms with E-state index < -0.39 is 0 Å². The van der Waals surface area contributed by atoms with Gasteiger partial charge in [0.25, 0.3) is 5.91 Å². The Morgan fingerprint density at radius 3 is 2.66 bits per heavy atom. The van der Waals surface area contributed by atoms with E-state index in [1.54, 1.807) is 18.5 Å². The molecule has 1 saturated carbocycles. The molecule has 1 aliphatic carbocycles. The van der Waals surface area contributed by atoms with Crippen molar-refractivity contribution in [1.82, 2.24) is 10.3 Å². The molecule has 3 aromatic rings. The number of carbonyl (C=O) groups excluding carboxylic acids is 1. The molecular formula is C26H31N3O2S. The van der Waals surface area contributed by atoms with Crippen LogP contribution in [0.2, 0.25) is 0 Å². The molecule has 0 spiro atoms. The third-order valence-electron chi connectivity index (χ3n) is 5.67. The summed E-state index contributed by atoms with van der Waals surface area (Å²) in [6.45, 7) is 8.86. The number of hydrogen-bond donors (Lipinski definition) is 3. The largest absolute Gasteiger partial charge is 0.492 e. The minimum Gasteiger partial charge on any atom is -0.492 e. The molecule has 5 nitrogen and oxygen atoms in total. The van der Waals surface area contributed by atoms with Gasteiger partial charge in [0.1, 0.15) is 12.4 Å². The first-order chi connectivity index (χ1) is 15.4. The molecule has 0 atom stereocenters. The highest BCUT2D eigenvalue weighted by molar-refractivity contribution is 7.79. The van der Waals surface area contributed by atoms with Gasteiger partial charge in [-0.2, -0.15) is 12.6 Å². The average molecular weight is 450 g/mol. The summed E-state index contributed by atoms with van der Waals surface area (Å²) in [6, 6.07) is 13.8. The Morgan fingerprint density at radius 1 is 1.25 bits per heavy atom. The number of thiol groups is 1. The predicted octanol–water partition coefficient (Wildman–Crippen LogP) is 4.88. The first-order valence-corrected chi connectivity index (χ1v) is 11.6. The van der Waals surface area contributed by atoms with Gasteiger partial charge in [0.2, 0.25) is 0 Å². The summed E-state index contributed by atoms with van der Waals surface area (Å²) in [5, 5.41) is 4.37. The minimum absolute atomic E-state index is 0.0963. The second kappa shape index (κ2) is 10.2. The molecule has 6 heteroatoms. The summed E-state index contributed by atoms with van der Waals surface area (Å²) in [5.41, 5.74) is 10.7. The van der Waals surface area contributed by atoms with Crippen molar-refractivity contribution < 1.29 is 9.53 Å². The molecule has 1 aromatic heterocycles. The number of nitrogens with one attached hydrogen (secondary N) is 1. The lowest BCUT2D eigenvalue weighted by Crippen LogP contribution is -2.35. The molecule has 0 unspecified atom stereocenters. The highest BCUT2D eigenvalue weighted by Crippen LogP contribution is 2.48. The Kier molecular flexibility index (Phi) is 7.59. The zero-order valence-electron chi connectivity index (χ0n) is 18.9. The van der Waals surface area contributed by atoms with Gasteiger partial charge in [-0.1, -0.05) is 24.3 Å². The first kappa shape index (κ1) is 23.8. The van der Waals surface area contributed by atoms with E-state index in [0.717, 1.165) is 46.0 Å². The quantitative estimate of drug-likeness (QED) is 0.449. The van der Waals surface area contributed by atoms with Crippen LogP contribution in [-0.4, -0.2) is 30.3 Å². The van der Waals surface area contributed by atoms with Crippen LogP contribution in [0.25, 0.3) is 16.5 Å². The van der Waals surface area contributed by atoms with Crippen molar-refractivity contribution >= 4 is 35.0 Å². The van der Waals surface area contributed by atoms with E-state index in [2.05, 4.69) is 47.7 Å². The van der Waals surface area contributed by atoms with Gasteiger partial charge in [0, 0.05) is 23.7 Å². The van der Waals surface area contributed by atoms with E-state index in [4.69, 9.17) is 10.5 Å². The number of ether oxygens (including phenoxy) is 1. The number of nitrogens with two attached hydrogens (primary N) is 1. The number of allylic oxidation sites excluding steroid dienone is 1. The van der Waals surface area contributed by atoms with Gasteiger partial charge >= 0.3 is 0 Å². The fraction of sp³-hybridized carbons (Fsp3) is 0.308. The smallest absolute Gasteiger partial charge is 0.252 e. The molecule has 0 radical (unpaired) electrons. The Labute approximate surface area is 195 Å². The van der Waals surface area contributed by atoms with Gasteiger partial charge in [-0.3, -0.25) is 9.78 Å². The van der Waals surface area contributed by atoms with Gasteiger partial charge in [-0.15, -0.1) is 0 Å². The van der Waals surface area contributed by atoms with Crippen LogP contribution >= 0.6 is 12.6 Å². The Hall–Kier alpha value is -2.83. The summed E-state index contributed by atoms with van der Waals surface area (Å²) in [7, 11) is 0. The molecule has 0 aliphatic heterocycles. The van der Waals surface area contributed by atoms with E-state index >= 15 is 0 Å². The maximum Gasteiger partial charge on any atom is 0.252 e. The van der Waals surface area contributed by atoms with Crippen molar-refractivity contribution in [3.05, 3.63) is 77.5 Å². The fourth-order valence-corrected chi connectivity index (χ4v) is 3.81. The molecule has 1 amide bonds. The molecule has 1 aliphatic rings. The number of hydrogen-bond acceptors (Lipinski definition) is 5. The third-order valence-corrected chi connectivity index (χ3v) is 5.67. The lowest BCUT2D eigenvalue weighted by atomic mass is 9.94. The summed E-state index contributed by atoms with van der Waals surface area (Å²) < 4.78 is 5.61. The topological polar surface area (TPSA) is 77.2 Å². The van der Waals surface area contributed by atoms with Crippen LogP contribution in [0.15, 0.2) is 55.2 Å². The molecule has 0 bridgehead atoms. The van der Waals surface area contributed by atoms with Gasteiger partial charge < -0.3 is 15.8 Å².